The van der Waals surface area contributed by atoms with E-state index in [1.54, 1.807) is 0 Å². The summed E-state index contributed by atoms with van der Waals surface area (Å²) >= 11 is 0. The summed E-state index contributed by atoms with van der Waals surface area (Å²) in [5.74, 6) is 1.43. The van der Waals surface area contributed by atoms with E-state index in [1.807, 2.05) is 0 Å². The molecule has 0 saturated carbocycles. The predicted octanol–water partition coefficient (Wildman–Crippen LogP) is 3.55. The summed E-state index contributed by atoms with van der Waals surface area (Å²) in [6, 6.07) is 17.3. The Morgan fingerprint density at radius 2 is 1.47 bits per heavy atom. The molecular formula is C16H15N2Y-. The molecule has 0 fully saturated rings. The summed E-state index contributed by atoms with van der Waals surface area (Å²) in [6.45, 7) is 2.24. The average Bonchev–Trinajstić information content (AvgIpc) is 2.87. The van der Waals surface area contributed by atoms with Crippen molar-refractivity contribution in [2.24, 2.45) is 0 Å². The summed E-state index contributed by atoms with van der Waals surface area (Å²) < 4.78 is 0. The number of anilines is 3. The van der Waals surface area contributed by atoms with Crippen LogP contribution in [0.1, 0.15) is 12.5 Å². The Hall–Kier alpha value is -0.986. The van der Waals surface area contributed by atoms with Crippen LogP contribution in [0, 0.1) is 5.92 Å². The molecule has 2 aliphatic rings. The van der Waals surface area contributed by atoms with Gasteiger partial charge in [0.1, 0.15) is 0 Å². The van der Waals surface area contributed by atoms with Crippen LogP contribution in [0.4, 0.5) is 17.1 Å². The van der Waals surface area contributed by atoms with Crippen LogP contribution in [0.3, 0.4) is 0 Å². The number of likely N-dealkylation sites (N-methyl/N-ethyl adjacent to an activating group) is 1. The van der Waals surface area contributed by atoms with Gasteiger partial charge in [0.25, 0.3) is 0 Å². The Morgan fingerprint density at radius 1 is 0.895 bits per heavy atom. The summed E-state index contributed by atoms with van der Waals surface area (Å²) in [5.41, 5.74) is 5.34. The van der Waals surface area contributed by atoms with E-state index in [0.29, 0.717) is 6.17 Å². The monoisotopic (exact) mass is 324 g/mol. The molecule has 0 spiro atoms. The molecule has 2 aromatic rings. The molecule has 2 heterocycles. The number of hydrogen-bond acceptors (Lipinski definition) is 2. The number of para-hydroxylation sites is 3. The van der Waals surface area contributed by atoms with Gasteiger partial charge in [0.15, 0.2) is 0 Å². The van der Waals surface area contributed by atoms with Crippen molar-refractivity contribution in [1.82, 2.24) is 0 Å². The first-order valence-corrected chi connectivity index (χ1v) is 6.33. The van der Waals surface area contributed by atoms with Gasteiger partial charge in [-0.1, -0.05) is 36.9 Å². The SMILES string of the molecule is C[C-]1c2ccccc2N2c3ccccc3N(C)C12.[Y]. The van der Waals surface area contributed by atoms with Crippen molar-refractivity contribution >= 4 is 17.1 Å². The molecular weight excluding hydrogens is 309 g/mol. The Bertz CT molecular complexity index is 572. The summed E-state index contributed by atoms with van der Waals surface area (Å²) in [4.78, 5) is 4.81. The maximum Gasteiger partial charge on any atom is 0.0719 e. The van der Waals surface area contributed by atoms with Crippen molar-refractivity contribution in [3.8, 4) is 0 Å². The molecule has 93 valence electrons. The van der Waals surface area contributed by atoms with E-state index in [2.05, 4.69) is 72.3 Å². The maximum atomic E-state index is 2.44. The fraction of sp³-hybridized carbons (Fsp3) is 0.188. The Kier molecular flexibility index (Phi) is 3.11. The second-order valence-electron chi connectivity index (χ2n) is 5.04. The molecule has 1 atom stereocenters. The van der Waals surface area contributed by atoms with E-state index in [-0.39, 0.29) is 32.7 Å². The number of fused-ring (bicyclic) bond motifs is 5. The van der Waals surface area contributed by atoms with Crippen LogP contribution in [0.25, 0.3) is 0 Å². The molecule has 4 rings (SSSR count). The molecule has 0 bridgehead atoms. The first-order valence-electron chi connectivity index (χ1n) is 6.33. The van der Waals surface area contributed by atoms with Crippen molar-refractivity contribution in [2.45, 2.75) is 13.1 Å². The van der Waals surface area contributed by atoms with Crippen LogP contribution < -0.4 is 9.80 Å². The van der Waals surface area contributed by atoms with E-state index >= 15 is 0 Å². The van der Waals surface area contributed by atoms with Gasteiger partial charge < -0.3 is 9.80 Å². The zero-order chi connectivity index (χ0) is 12.3. The molecule has 0 N–H and O–H groups in total. The van der Waals surface area contributed by atoms with Gasteiger partial charge in [0, 0.05) is 39.8 Å². The molecule has 2 nitrogen and oxygen atoms in total. The topological polar surface area (TPSA) is 6.48 Å². The fourth-order valence-corrected chi connectivity index (χ4v) is 3.30. The Morgan fingerprint density at radius 3 is 2.21 bits per heavy atom. The van der Waals surface area contributed by atoms with Crippen LogP contribution in [-0.2, 0) is 32.7 Å². The van der Waals surface area contributed by atoms with Gasteiger partial charge in [-0.3, -0.25) is 0 Å². The molecule has 0 saturated heterocycles. The third-order valence-corrected chi connectivity index (χ3v) is 4.11. The molecule has 2 aromatic carbocycles. The summed E-state index contributed by atoms with van der Waals surface area (Å²) in [7, 11) is 2.18. The van der Waals surface area contributed by atoms with Crippen LogP contribution in [0.2, 0.25) is 0 Å². The average molecular weight is 324 g/mol. The molecule has 2 aliphatic heterocycles. The second-order valence-corrected chi connectivity index (χ2v) is 5.04. The van der Waals surface area contributed by atoms with Crippen molar-refractivity contribution in [3.63, 3.8) is 0 Å². The van der Waals surface area contributed by atoms with Gasteiger partial charge in [0.05, 0.1) is 17.5 Å². The summed E-state index contributed by atoms with van der Waals surface area (Å²) in [6.07, 6.45) is 0.347. The van der Waals surface area contributed by atoms with Crippen LogP contribution >= 0.6 is 0 Å². The third kappa shape index (κ3) is 1.60. The van der Waals surface area contributed by atoms with Gasteiger partial charge in [-0.15, -0.1) is 12.0 Å². The van der Waals surface area contributed by atoms with Crippen LogP contribution in [-0.4, -0.2) is 13.2 Å². The summed E-state index contributed by atoms with van der Waals surface area (Å²) in [5, 5.41) is 0. The van der Waals surface area contributed by atoms with Gasteiger partial charge in [0.2, 0.25) is 0 Å². The minimum atomic E-state index is 0. The standard InChI is InChI=1S/C16H15N2.Y/c1-11-12-7-3-4-8-13(12)18-15-10-6-5-9-14(15)17(2)16(11)18;/h3-10,16H,1-2H3;/q-1;. The van der Waals surface area contributed by atoms with E-state index in [4.69, 9.17) is 0 Å². The molecule has 0 amide bonds. The van der Waals surface area contributed by atoms with Gasteiger partial charge in [-0.2, -0.15) is 11.6 Å². The zero-order valence-electron chi connectivity index (χ0n) is 11.2. The minimum absolute atomic E-state index is 0. The van der Waals surface area contributed by atoms with Crippen molar-refractivity contribution in [3.05, 3.63) is 60.0 Å². The first-order chi connectivity index (χ1) is 8.79. The largest absolute Gasteiger partial charge is 0.380 e. The first kappa shape index (κ1) is 13.0. The minimum Gasteiger partial charge on any atom is -0.380 e. The zero-order valence-corrected chi connectivity index (χ0v) is 14.0. The smallest absolute Gasteiger partial charge is 0.0719 e. The predicted molar refractivity (Wildman–Crippen MR) is 75.2 cm³/mol. The Balaban J connectivity index is 0.00000110. The van der Waals surface area contributed by atoms with Crippen molar-refractivity contribution in [2.75, 3.05) is 16.8 Å². The molecule has 3 heteroatoms. The van der Waals surface area contributed by atoms with E-state index in [9.17, 15) is 0 Å². The van der Waals surface area contributed by atoms with E-state index in [0.717, 1.165) is 0 Å². The van der Waals surface area contributed by atoms with Crippen LogP contribution in [0.15, 0.2) is 48.5 Å². The number of benzene rings is 2. The maximum absolute atomic E-state index is 2.44. The van der Waals surface area contributed by atoms with Crippen molar-refractivity contribution < 1.29 is 32.7 Å². The number of nitrogens with zero attached hydrogens (tertiary/aromatic N) is 2. The quantitative estimate of drug-likeness (QED) is 0.684. The molecule has 0 aromatic heterocycles. The molecule has 19 heavy (non-hydrogen) atoms. The fourth-order valence-electron chi connectivity index (χ4n) is 3.30. The number of rotatable bonds is 0. The second kappa shape index (κ2) is 4.54. The van der Waals surface area contributed by atoms with Gasteiger partial charge in [-0.25, -0.2) is 0 Å². The number of hydrogen-bond donors (Lipinski definition) is 0. The van der Waals surface area contributed by atoms with Gasteiger partial charge in [-0.05, 0) is 12.1 Å². The van der Waals surface area contributed by atoms with Crippen LogP contribution in [0.5, 0.6) is 0 Å². The third-order valence-electron chi connectivity index (χ3n) is 4.11. The molecule has 0 aliphatic carbocycles. The Labute approximate surface area is 139 Å². The normalized spacial score (nSPS) is 18.8. The molecule has 1 radical (unpaired) electrons. The van der Waals surface area contributed by atoms with Gasteiger partial charge >= 0.3 is 0 Å². The van der Waals surface area contributed by atoms with E-state index < -0.39 is 0 Å². The van der Waals surface area contributed by atoms with Crippen molar-refractivity contribution in [1.29, 1.82) is 0 Å². The molecule has 1 unspecified atom stereocenters. The van der Waals surface area contributed by atoms with E-state index in [1.165, 1.54) is 28.5 Å².